The summed E-state index contributed by atoms with van der Waals surface area (Å²) >= 11 is 0. The minimum Gasteiger partial charge on any atom is -0.491 e. The third-order valence-electron chi connectivity index (χ3n) is 4.03. The van der Waals surface area contributed by atoms with Crippen molar-refractivity contribution in [2.24, 2.45) is 0 Å². The summed E-state index contributed by atoms with van der Waals surface area (Å²) in [5.41, 5.74) is 1.82. The first-order valence-electron chi connectivity index (χ1n) is 9.05. The zero-order valence-corrected chi connectivity index (χ0v) is 15.3. The summed E-state index contributed by atoms with van der Waals surface area (Å²) in [5, 5.41) is 2.95. The minimum atomic E-state index is -0.0948. The molecule has 0 spiro atoms. The number of fused-ring (bicyclic) bond motifs is 1. The summed E-state index contributed by atoms with van der Waals surface area (Å²) in [5.74, 6) is 2.11. The van der Waals surface area contributed by atoms with Gasteiger partial charge in [-0.1, -0.05) is 12.1 Å². The highest BCUT2D eigenvalue weighted by atomic mass is 16.6. The number of aryl methyl sites for hydroxylation is 1. The Kier molecular flexibility index (Phi) is 6.00. The first-order chi connectivity index (χ1) is 12.6. The molecule has 5 heteroatoms. The summed E-state index contributed by atoms with van der Waals surface area (Å²) in [6.45, 7) is 5.70. The van der Waals surface area contributed by atoms with Gasteiger partial charge < -0.3 is 19.5 Å². The van der Waals surface area contributed by atoms with Gasteiger partial charge in [-0.05, 0) is 62.6 Å². The predicted molar refractivity (Wildman–Crippen MR) is 100 cm³/mol. The molecule has 2 aromatic carbocycles. The van der Waals surface area contributed by atoms with Crippen LogP contribution in [-0.2, 0) is 6.42 Å². The van der Waals surface area contributed by atoms with Gasteiger partial charge in [0.2, 0.25) is 0 Å². The van der Waals surface area contributed by atoms with E-state index in [2.05, 4.69) is 17.4 Å². The van der Waals surface area contributed by atoms with E-state index >= 15 is 0 Å². The number of hydrogen-bond donors (Lipinski definition) is 1. The Hall–Kier alpha value is -2.69. The standard InChI is InChI=1S/C21H25NO4/c1-15(2)26-18-8-5-16(6-9-18)4-3-11-22-21(23)17-7-10-19-20(14-17)25-13-12-24-19/h5-10,14-15H,3-4,11-13H2,1-2H3,(H,22,23). The Morgan fingerprint density at radius 3 is 2.54 bits per heavy atom. The molecule has 0 atom stereocenters. The second kappa shape index (κ2) is 8.61. The molecule has 2 aromatic rings. The molecule has 0 radical (unpaired) electrons. The molecule has 0 aliphatic carbocycles. The monoisotopic (exact) mass is 355 g/mol. The van der Waals surface area contributed by atoms with Gasteiger partial charge in [-0.15, -0.1) is 0 Å². The van der Waals surface area contributed by atoms with E-state index in [1.165, 1.54) is 5.56 Å². The molecule has 3 rings (SSSR count). The number of nitrogens with one attached hydrogen (secondary N) is 1. The second-order valence-corrected chi connectivity index (χ2v) is 6.53. The maximum absolute atomic E-state index is 12.3. The van der Waals surface area contributed by atoms with Crippen LogP contribution in [0.5, 0.6) is 17.2 Å². The Morgan fingerprint density at radius 1 is 1.08 bits per heavy atom. The van der Waals surface area contributed by atoms with Crippen LogP contribution in [0.1, 0.15) is 36.2 Å². The van der Waals surface area contributed by atoms with Crippen LogP contribution >= 0.6 is 0 Å². The average Bonchev–Trinajstić information content (AvgIpc) is 2.65. The summed E-state index contributed by atoms with van der Waals surface area (Å²) in [6, 6.07) is 13.4. The van der Waals surface area contributed by atoms with Crippen LogP contribution in [-0.4, -0.2) is 31.8 Å². The predicted octanol–water partition coefficient (Wildman–Crippen LogP) is 3.61. The van der Waals surface area contributed by atoms with E-state index in [1.807, 2.05) is 26.0 Å². The number of carbonyl (C=O) groups excluding carboxylic acids is 1. The molecule has 5 nitrogen and oxygen atoms in total. The SMILES string of the molecule is CC(C)Oc1ccc(CCCNC(=O)c2ccc3c(c2)OCCO3)cc1. The lowest BCUT2D eigenvalue weighted by molar-refractivity contribution is 0.0952. The maximum Gasteiger partial charge on any atom is 0.251 e. The lowest BCUT2D eigenvalue weighted by Crippen LogP contribution is -2.25. The molecule has 1 aliphatic heterocycles. The fourth-order valence-electron chi connectivity index (χ4n) is 2.79. The van der Waals surface area contributed by atoms with Gasteiger partial charge in [0.15, 0.2) is 11.5 Å². The van der Waals surface area contributed by atoms with E-state index < -0.39 is 0 Å². The van der Waals surface area contributed by atoms with Gasteiger partial charge in [0, 0.05) is 12.1 Å². The zero-order chi connectivity index (χ0) is 18.4. The molecule has 0 fully saturated rings. The van der Waals surface area contributed by atoms with E-state index in [0.717, 1.165) is 18.6 Å². The largest absolute Gasteiger partial charge is 0.491 e. The molecule has 1 N–H and O–H groups in total. The quantitative estimate of drug-likeness (QED) is 0.771. The maximum atomic E-state index is 12.3. The Morgan fingerprint density at radius 2 is 1.81 bits per heavy atom. The Balaban J connectivity index is 1.44. The molecule has 1 aliphatic rings. The van der Waals surface area contributed by atoms with Crippen LogP contribution in [0.2, 0.25) is 0 Å². The molecular formula is C21H25NO4. The van der Waals surface area contributed by atoms with E-state index in [0.29, 0.717) is 36.8 Å². The van der Waals surface area contributed by atoms with Gasteiger partial charge in [0.05, 0.1) is 6.10 Å². The summed E-state index contributed by atoms with van der Waals surface area (Å²) < 4.78 is 16.6. The van der Waals surface area contributed by atoms with Crippen LogP contribution in [0.25, 0.3) is 0 Å². The fourth-order valence-corrected chi connectivity index (χ4v) is 2.79. The molecule has 0 unspecified atom stereocenters. The van der Waals surface area contributed by atoms with E-state index in [1.54, 1.807) is 18.2 Å². The van der Waals surface area contributed by atoms with Crippen molar-refractivity contribution in [1.29, 1.82) is 0 Å². The third kappa shape index (κ3) is 4.91. The van der Waals surface area contributed by atoms with Gasteiger partial charge >= 0.3 is 0 Å². The minimum absolute atomic E-state index is 0.0948. The van der Waals surface area contributed by atoms with Crippen LogP contribution in [0, 0.1) is 0 Å². The molecule has 0 saturated heterocycles. The fraction of sp³-hybridized carbons (Fsp3) is 0.381. The molecule has 0 aromatic heterocycles. The van der Waals surface area contributed by atoms with Crippen LogP contribution < -0.4 is 19.5 Å². The van der Waals surface area contributed by atoms with Crippen LogP contribution in [0.15, 0.2) is 42.5 Å². The lowest BCUT2D eigenvalue weighted by atomic mass is 10.1. The van der Waals surface area contributed by atoms with Crippen molar-refractivity contribution in [1.82, 2.24) is 5.32 Å². The van der Waals surface area contributed by atoms with Crippen LogP contribution in [0.4, 0.5) is 0 Å². The highest BCUT2D eigenvalue weighted by molar-refractivity contribution is 5.94. The first kappa shape index (κ1) is 18.1. The first-order valence-corrected chi connectivity index (χ1v) is 9.05. The highest BCUT2D eigenvalue weighted by Crippen LogP contribution is 2.30. The van der Waals surface area contributed by atoms with Crippen molar-refractivity contribution in [2.45, 2.75) is 32.8 Å². The molecule has 0 saturated carbocycles. The molecular weight excluding hydrogens is 330 g/mol. The molecule has 138 valence electrons. The second-order valence-electron chi connectivity index (χ2n) is 6.53. The van der Waals surface area contributed by atoms with Crippen molar-refractivity contribution in [3.05, 3.63) is 53.6 Å². The summed E-state index contributed by atoms with van der Waals surface area (Å²) in [7, 11) is 0. The van der Waals surface area contributed by atoms with Gasteiger partial charge in [0.25, 0.3) is 5.91 Å². The smallest absolute Gasteiger partial charge is 0.251 e. The van der Waals surface area contributed by atoms with Gasteiger partial charge in [0.1, 0.15) is 19.0 Å². The summed E-state index contributed by atoms with van der Waals surface area (Å²) in [6.07, 6.45) is 1.96. The van der Waals surface area contributed by atoms with Gasteiger partial charge in [-0.3, -0.25) is 4.79 Å². The number of hydrogen-bond acceptors (Lipinski definition) is 4. The van der Waals surface area contributed by atoms with Gasteiger partial charge in [-0.2, -0.15) is 0 Å². The number of amides is 1. The topological polar surface area (TPSA) is 56.8 Å². The highest BCUT2D eigenvalue weighted by Gasteiger charge is 2.14. The lowest BCUT2D eigenvalue weighted by Gasteiger charge is -2.18. The van der Waals surface area contributed by atoms with Crippen molar-refractivity contribution in [2.75, 3.05) is 19.8 Å². The summed E-state index contributed by atoms with van der Waals surface area (Å²) in [4.78, 5) is 12.3. The van der Waals surface area contributed by atoms with Crippen molar-refractivity contribution in [3.8, 4) is 17.2 Å². The zero-order valence-electron chi connectivity index (χ0n) is 15.3. The van der Waals surface area contributed by atoms with E-state index in [4.69, 9.17) is 14.2 Å². The Labute approximate surface area is 154 Å². The van der Waals surface area contributed by atoms with Crippen molar-refractivity contribution in [3.63, 3.8) is 0 Å². The van der Waals surface area contributed by atoms with E-state index in [-0.39, 0.29) is 12.0 Å². The molecule has 1 amide bonds. The van der Waals surface area contributed by atoms with Crippen molar-refractivity contribution >= 4 is 5.91 Å². The van der Waals surface area contributed by atoms with E-state index in [9.17, 15) is 4.79 Å². The molecule has 0 bridgehead atoms. The number of benzene rings is 2. The average molecular weight is 355 g/mol. The molecule has 26 heavy (non-hydrogen) atoms. The Bertz CT molecular complexity index is 740. The number of carbonyl (C=O) groups is 1. The molecule has 1 heterocycles. The normalized spacial score (nSPS) is 12.7. The number of ether oxygens (including phenoxy) is 3. The van der Waals surface area contributed by atoms with Gasteiger partial charge in [-0.25, -0.2) is 0 Å². The van der Waals surface area contributed by atoms with Crippen molar-refractivity contribution < 1.29 is 19.0 Å². The number of rotatable bonds is 7. The van der Waals surface area contributed by atoms with Crippen LogP contribution in [0.3, 0.4) is 0 Å². The third-order valence-corrected chi connectivity index (χ3v) is 4.03.